The highest BCUT2D eigenvalue weighted by atomic mass is 16.6. The van der Waals surface area contributed by atoms with Gasteiger partial charge in [-0.25, -0.2) is 4.79 Å². The lowest BCUT2D eigenvalue weighted by Gasteiger charge is -2.56. The minimum absolute atomic E-state index is 0.0531. The molecule has 1 aromatic rings. The zero-order valence-electron chi connectivity index (χ0n) is 16.6. The van der Waals surface area contributed by atoms with Gasteiger partial charge in [-0.1, -0.05) is 5.11 Å². The smallest absolute Gasteiger partial charge is 0.330 e. The average molecular weight is 401 g/mol. The van der Waals surface area contributed by atoms with Gasteiger partial charge in [-0.2, -0.15) is 0 Å². The lowest BCUT2D eigenvalue weighted by Crippen LogP contribution is -2.53. The van der Waals surface area contributed by atoms with Crippen LogP contribution in [-0.2, 0) is 9.47 Å². The maximum Gasteiger partial charge on any atom is 0.330 e. The molecule has 2 heterocycles. The van der Waals surface area contributed by atoms with Gasteiger partial charge in [0.25, 0.3) is 5.56 Å². The Labute approximate surface area is 168 Å². The van der Waals surface area contributed by atoms with Gasteiger partial charge in [-0.3, -0.25) is 14.3 Å². The fourth-order valence-electron chi connectivity index (χ4n) is 6.49. The van der Waals surface area contributed by atoms with Gasteiger partial charge in [-0.15, -0.1) is 0 Å². The van der Waals surface area contributed by atoms with Crippen molar-refractivity contribution in [2.75, 3.05) is 6.61 Å². The normalized spacial score (nSPS) is 40.2. The zero-order chi connectivity index (χ0) is 20.2. The van der Waals surface area contributed by atoms with E-state index in [0.29, 0.717) is 18.6 Å². The summed E-state index contributed by atoms with van der Waals surface area (Å²) < 4.78 is 14.0. The van der Waals surface area contributed by atoms with Crippen molar-refractivity contribution in [3.63, 3.8) is 0 Å². The number of aromatic amines is 1. The number of hydrogen-bond acceptors (Lipinski definition) is 5. The number of aryl methyl sites for hydroxylation is 1. The van der Waals surface area contributed by atoms with Crippen LogP contribution >= 0.6 is 0 Å². The van der Waals surface area contributed by atoms with E-state index in [1.165, 1.54) is 30.0 Å². The molecule has 0 radical (unpaired) electrons. The molecule has 9 heteroatoms. The number of hydrogen-bond donors (Lipinski definition) is 1. The van der Waals surface area contributed by atoms with Crippen LogP contribution in [-0.4, -0.2) is 33.9 Å². The number of rotatable bonds is 5. The summed E-state index contributed by atoms with van der Waals surface area (Å²) in [6.45, 7) is 2.01. The largest absolute Gasteiger partial charge is 0.372 e. The highest BCUT2D eigenvalue weighted by Crippen LogP contribution is 2.57. The maximum absolute atomic E-state index is 12.2. The van der Waals surface area contributed by atoms with Crippen molar-refractivity contribution in [2.24, 2.45) is 22.9 Å². The van der Waals surface area contributed by atoms with Gasteiger partial charge in [0.15, 0.2) is 0 Å². The van der Waals surface area contributed by atoms with E-state index in [1.54, 1.807) is 6.92 Å². The van der Waals surface area contributed by atoms with Gasteiger partial charge >= 0.3 is 5.69 Å². The lowest BCUT2D eigenvalue weighted by atomic mass is 9.54. The molecule has 6 rings (SSSR count). The Morgan fingerprint density at radius 1 is 1.24 bits per heavy atom. The number of azide groups is 1. The number of aromatic nitrogens is 2. The summed E-state index contributed by atoms with van der Waals surface area (Å²) in [4.78, 5) is 29.2. The van der Waals surface area contributed by atoms with Crippen LogP contribution in [0.25, 0.3) is 10.4 Å². The second-order valence-corrected chi connectivity index (χ2v) is 9.53. The van der Waals surface area contributed by atoms with E-state index in [-0.39, 0.29) is 5.60 Å². The molecule has 4 saturated carbocycles. The van der Waals surface area contributed by atoms with E-state index >= 15 is 0 Å². The minimum Gasteiger partial charge on any atom is -0.372 e. The SMILES string of the molecule is Cc1cn([C@H]2C[C@H](N=[N+]=[N-])[C@@H](COC34CC5CC(CC(C5)C3)C4)O2)c(=O)[nH]c1=O. The summed E-state index contributed by atoms with van der Waals surface area (Å²) in [6, 6.07) is -0.405. The summed E-state index contributed by atoms with van der Waals surface area (Å²) >= 11 is 0. The van der Waals surface area contributed by atoms with E-state index in [1.807, 2.05) is 0 Å². The van der Waals surface area contributed by atoms with E-state index < -0.39 is 29.6 Å². The molecule has 1 saturated heterocycles. The van der Waals surface area contributed by atoms with Crippen LogP contribution in [0.15, 0.2) is 20.9 Å². The van der Waals surface area contributed by atoms with Gasteiger partial charge < -0.3 is 9.47 Å². The molecule has 29 heavy (non-hydrogen) atoms. The van der Waals surface area contributed by atoms with Crippen molar-refractivity contribution in [1.29, 1.82) is 0 Å². The Hall–Kier alpha value is -2.09. The monoisotopic (exact) mass is 401 g/mol. The maximum atomic E-state index is 12.2. The minimum atomic E-state index is -0.585. The predicted molar refractivity (Wildman–Crippen MR) is 104 cm³/mol. The van der Waals surface area contributed by atoms with Gasteiger partial charge in [0, 0.05) is 23.1 Å². The predicted octanol–water partition coefficient (Wildman–Crippen LogP) is 2.80. The molecule has 0 unspecified atom stereocenters. The van der Waals surface area contributed by atoms with Crippen LogP contribution in [0, 0.1) is 24.7 Å². The van der Waals surface area contributed by atoms with E-state index in [9.17, 15) is 9.59 Å². The first kappa shape index (κ1) is 18.9. The molecular formula is C20H27N5O4. The van der Waals surface area contributed by atoms with Crippen LogP contribution in [0.5, 0.6) is 0 Å². The van der Waals surface area contributed by atoms with Gasteiger partial charge in [0.2, 0.25) is 0 Å². The van der Waals surface area contributed by atoms with Crippen molar-refractivity contribution in [2.45, 2.75) is 75.8 Å². The van der Waals surface area contributed by atoms with Gasteiger partial charge in [-0.05, 0) is 68.7 Å². The van der Waals surface area contributed by atoms with Gasteiger partial charge in [0.1, 0.15) is 6.23 Å². The number of nitrogens with zero attached hydrogens (tertiary/aromatic N) is 4. The second-order valence-electron chi connectivity index (χ2n) is 9.53. The van der Waals surface area contributed by atoms with Crippen molar-refractivity contribution in [3.8, 4) is 0 Å². The van der Waals surface area contributed by atoms with Crippen molar-refractivity contribution in [1.82, 2.24) is 9.55 Å². The van der Waals surface area contributed by atoms with E-state index in [4.69, 9.17) is 15.0 Å². The molecule has 156 valence electrons. The Bertz CT molecular complexity index is 927. The number of ether oxygens (including phenoxy) is 2. The number of nitrogens with one attached hydrogen (secondary N) is 1. The van der Waals surface area contributed by atoms with Crippen molar-refractivity contribution < 1.29 is 9.47 Å². The third-order valence-electron chi connectivity index (χ3n) is 7.40. The molecule has 9 nitrogen and oxygen atoms in total. The summed E-state index contributed by atoms with van der Waals surface area (Å²) in [7, 11) is 0. The van der Waals surface area contributed by atoms with E-state index in [0.717, 1.165) is 37.0 Å². The summed E-state index contributed by atoms with van der Waals surface area (Å²) in [6.07, 6.45) is 8.31. The topological polar surface area (TPSA) is 122 Å². The Morgan fingerprint density at radius 2 is 1.90 bits per heavy atom. The molecule has 1 aromatic heterocycles. The van der Waals surface area contributed by atoms with Gasteiger partial charge in [0.05, 0.1) is 24.4 Å². The first-order valence-electron chi connectivity index (χ1n) is 10.6. The first-order valence-corrected chi connectivity index (χ1v) is 10.6. The molecule has 1 aliphatic heterocycles. The Balaban J connectivity index is 1.32. The molecule has 4 aliphatic carbocycles. The molecule has 1 N–H and O–H groups in total. The van der Waals surface area contributed by atoms with Crippen molar-refractivity contribution >= 4 is 0 Å². The lowest BCUT2D eigenvalue weighted by molar-refractivity contribution is -0.181. The molecule has 5 fully saturated rings. The quantitative estimate of drug-likeness (QED) is 0.463. The highest BCUT2D eigenvalue weighted by Gasteiger charge is 2.52. The number of H-pyrrole nitrogens is 1. The third kappa shape index (κ3) is 3.41. The summed E-state index contributed by atoms with van der Waals surface area (Å²) in [5.74, 6) is 2.36. The third-order valence-corrected chi connectivity index (χ3v) is 7.40. The molecule has 0 amide bonds. The van der Waals surface area contributed by atoms with Crippen LogP contribution in [0.3, 0.4) is 0 Å². The molecule has 3 atom stereocenters. The molecule has 4 bridgehead atoms. The van der Waals surface area contributed by atoms with Crippen LogP contribution in [0.2, 0.25) is 0 Å². The molecular weight excluding hydrogens is 374 g/mol. The Kier molecular flexibility index (Phi) is 4.57. The zero-order valence-corrected chi connectivity index (χ0v) is 16.6. The van der Waals surface area contributed by atoms with Crippen LogP contribution in [0.1, 0.15) is 56.7 Å². The summed E-state index contributed by atoms with van der Waals surface area (Å²) in [5.41, 5.74) is 8.43. The second kappa shape index (κ2) is 7.00. The fourth-order valence-corrected chi connectivity index (χ4v) is 6.49. The molecule has 5 aliphatic rings. The fraction of sp³-hybridized carbons (Fsp3) is 0.800. The van der Waals surface area contributed by atoms with Crippen LogP contribution < -0.4 is 11.2 Å². The first-order chi connectivity index (χ1) is 13.9. The molecule has 0 aromatic carbocycles. The standard InChI is InChI=1S/C20H27N5O4/c1-11-9-25(19(27)22-18(11)26)17-5-15(23-24-21)16(29-17)10-28-20-6-12-2-13(7-20)4-14(3-12)8-20/h9,12-17H,2-8,10H2,1H3,(H,22,26,27)/t12?,13?,14?,15-,16+,17+,20?/m0/s1. The van der Waals surface area contributed by atoms with Crippen molar-refractivity contribution in [3.05, 3.63) is 43.0 Å². The molecule has 0 spiro atoms. The average Bonchev–Trinajstić information content (AvgIpc) is 3.05. The highest BCUT2D eigenvalue weighted by molar-refractivity contribution is 5.04. The van der Waals surface area contributed by atoms with E-state index in [2.05, 4.69) is 15.0 Å². The Morgan fingerprint density at radius 3 is 2.52 bits per heavy atom. The summed E-state index contributed by atoms with van der Waals surface area (Å²) in [5, 5.41) is 3.90. The van der Waals surface area contributed by atoms with Crippen LogP contribution in [0.4, 0.5) is 0 Å².